The molecule has 2 aromatic carbocycles. The summed E-state index contributed by atoms with van der Waals surface area (Å²) in [5.74, 6) is 0.127. The lowest BCUT2D eigenvalue weighted by molar-refractivity contribution is 0.152. The molecule has 0 aromatic heterocycles. The Bertz CT molecular complexity index is 486. The Morgan fingerprint density at radius 3 is 1.95 bits per heavy atom. The highest BCUT2D eigenvalue weighted by Gasteiger charge is 2.15. The van der Waals surface area contributed by atoms with Gasteiger partial charge in [0.25, 0.3) is 0 Å². The zero-order chi connectivity index (χ0) is 14.2. The third-order valence-electron chi connectivity index (χ3n) is 3.13. The van der Waals surface area contributed by atoms with E-state index in [1.807, 2.05) is 36.4 Å². The number of ether oxygens (including phenoxy) is 1. The van der Waals surface area contributed by atoms with Gasteiger partial charge in [-0.1, -0.05) is 60.7 Å². The van der Waals surface area contributed by atoms with Gasteiger partial charge in [-0.05, 0) is 18.1 Å². The van der Waals surface area contributed by atoms with Crippen molar-refractivity contribution in [3.63, 3.8) is 0 Å². The first-order valence-electron chi connectivity index (χ1n) is 6.81. The monoisotopic (exact) mass is 269 g/mol. The molecular formula is C17H19NO2. The van der Waals surface area contributed by atoms with Gasteiger partial charge in [0.15, 0.2) is 0 Å². The molecule has 0 fully saturated rings. The predicted molar refractivity (Wildman–Crippen MR) is 79.8 cm³/mol. The molecule has 1 N–H and O–H groups in total. The number of hydrogen-bond acceptors (Lipinski definition) is 2. The number of alkyl carbamates (subject to hydrolysis) is 1. The lowest BCUT2D eigenvalue weighted by Gasteiger charge is -2.18. The number of benzene rings is 2. The summed E-state index contributed by atoms with van der Waals surface area (Å²) in [6.07, 6.45) is -0.371. The topological polar surface area (TPSA) is 38.3 Å². The number of amides is 1. The van der Waals surface area contributed by atoms with Crippen molar-refractivity contribution in [1.82, 2.24) is 5.32 Å². The molecule has 0 heterocycles. The highest BCUT2D eigenvalue weighted by atomic mass is 16.5. The third-order valence-corrected chi connectivity index (χ3v) is 3.13. The van der Waals surface area contributed by atoms with Crippen molar-refractivity contribution in [3.8, 4) is 0 Å². The summed E-state index contributed by atoms with van der Waals surface area (Å²) in [5, 5.41) is 2.82. The van der Waals surface area contributed by atoms with Crippen LogP contribution in [-0.4, -0.2) is 19.2 Å². The van der Waals surface area contributed by atoms with Crippen molar-refractivity contribution in [1.29, 1.82) is 0 Å². The molecule has 0 saturated carbocycles. The lowest BCUT2D eigenvalue weighted by Crippen LogP contribution is -2.29. The molecule has 2 rings (SSSR count). The summed E-state index contributed by atoms with van der Waals surface area (Å²) in [6, 6.07) is 20.3. The van der Waals surface area contributed by atoms with Crippen molar-refractivity contribution in [3.05, 3.63) is 71.8 Å². The standard InChI is InChI=1S/C17H19NO2/c1-2-20-17(19)18-13-16(14-9-5-3-6-10-14)15-11-7-4-8-12-15/h3-12,16H,2,13H2,1H3,(H,18,19). The van der Waals surface area contributed by atoms with Crippen LogP contribution in [-0.2, 0) is 4.74 Å². The summed E-state index contributed by atoms with van der Waals surface area (Å²) in [5.41, 5.74) is 2.35. The van der Waals surface area contributed by atoms with Crippen molar-refractivity contribution < 1.29 is 9.53 Å². The van der Waals surface area contributed by atoms with Gasteiger partial charge in [0.1, 0.15) is 0 Å². The maximum Gasteiger partial charge on any atom is 0.407 e. The van der Waals surface area contributed by atoms with Crippen molar-refractivity contribution in [2.45, 2.75) is 12.8 Å². The molecule has 3 nitrogen and oxygen atoms in total. The lowest BCUT2D eigenvalue weighted by atomic mass is 9.91. The van der Waals surface area contributed by atoms with E-state index in [1.165, 1.54) is 11.1 Å². The van der Waals surface area contributed by atoms with Gasteiger partial charge in [0, 0.05) is 12.5 Å². The summed E-state index contributed by atoms with van der Waals surface area (Å²) in [4.78, 5) is 11.5. The van der Waals surface area contributed by atoms with Crippen LogP contribution in [0, 0.1) is 0 Å². The Kier molecular flexibility index (Phi) is 5.18. The van der Waals surface area contributed by atoms with Crippen LogP contribution in [0.3, 0.4) is 0 Å². The number of nitrogens with one attached hydrogen (secondary N) is 1. The molecule has 1 amide bonds. The molecule has 0 radical (unpaired) electrons. The van der Waals surface area contributed by atoms with Crippen LogP contribution in [0.25, 0.3) is 0 Å². The van der Waals surface area contributed by atoms with Gasteiger partial charge < -0.3 is 10.1 Å². The summed E-state index contributed by atoms with van der Waals surface area (Å²) >= 11 is 0. The van der Waals surface area contributed by atoms with E-state index in [9.17, 15) is 4.79 Å². The molecular weight excluding hydrogens is 250 g/mol. The fourth-order valence-electron chi connectivity index (χ4n) is 2.17. The summed E-state index contributed by atoms with van der Waals surface area (Å²) < 4.78 is 4.91. The molecule has 0 aliphatic heterocycles. The molecule has 0 unspecified atom stereocenters. The van der Waals surface area contributed by atoms with E-state index in [0.717, 1.165) is 0 Å². The molecule has 0 bridgehead atoms. The van der Waals surface area contributed by atoms with Crippen LogP contribution in [0.5, 0.6) is 0 Å². The van der Waals surface area contributed by atoms with Gasteiger partial charge in [-0.2, -0.15) is 0 Å². The van der Waals surface area contributed by atoms with Crippen LogP contribution in [0.4, 0.5) is 4.79 Å². The Balaban J connectivity index is 2.15. The minimum Gasteiger partial charge on any atom is -0.450 e. The molecule has 0 aliphatic rings. The average molecular weight is 269 g/mol. The summed E-state index contributed by atoms with van der Waals surface area (Å²) in [7, 11) is 0. The zero-order valence-electron chi connectivity index (χ0n) is 11.6. The van der Waals surface area contributed by atoms with Crippen LogP contribution < -0.4 is 5.32 Å². The highest BCUT2D eigenvalue weighted by Crippen LogP contribution is 2.23. The van der Waals surface area contributed by atoms with Gasteiger partial charge >= 0.3 is 6.09 Å². The van der Waals surface area contributed by atoms with Crippen LogP contribution in [0.15, 0.2) is 60.7 Å². The van der Waals surface area contributed by atoms with Gasteiger partial charge in [-0.15, -0.1) is 0 Å². The van der Waals surface area contributed by atoms with Gasteiger partial charge in [-0.3, -0.25) is 0 Å². The van der Waals surface area contributed by atoms with Gasteiger partial charge in [-0.25, -0.2) is 4.79 Å². The number of rotatable bonds is 5. The molecule has 0 spiro atoms. The first-order valence-corrected chi connectivity index (χ1v) is 6.81. The average Bonchev–Trinajstić information content (AvgIpc) is 2.50. The second-order valence-electron chi connectivity index (χ2n) is 4.48. The largest absolute Gasteiger partial charge is 0.450 e. The fraction of sp³-hybridized carbons (Fsp3) is 0.235. The molecule has 0 aliphatic carbocycles. The summed E-state index contributed by atoms with van der Waals surface area (Å²) in [6.45, 7) is 2.70. The van der Waals surface area contributed by atoms with Crippen molar-refractivity contribution in [2.75, 3.05) is 13.2 Å². The van der Waals surface area contributed by atoms with Gasteiger partial charge in [0.05, 0.1) is 6.61 Å². The second-order valence-corrected chi connectivity index (χ2v) is 4.48. The minimum absolute atomic E-state index is 0.127. The van der Waals surface area contributed by atoms with Crippen LogP contribution in [0.2, 0.25) is 0 Å². The Morgan fingerprint density at radius 2 is 1.50 bits per heavy atom. The maximum absolute atomic E-state index is 11.5. The Labute approximate surface area is 119 Å². The molecule has 20 heavy (non-hydrogen) atoms. The van der Waals surface area contributed by atoms with E-state index >= 15 is 0 Å². The Hall–Kier alpha value is -2.29. The quantitative estimate of drug-likeness (QED) is 0.901. The van der Waals surface area contributed by atoms with Gasteiger partial charge in [0.2, 0.25) is 0 Å². The first kappa shape index (κ1) is 14.1. The van der Waals surface area contributed by atoms with Crippen molar-refractivity contribution in [2.24, 2.45) is 0 Å². The number of carbonyl (C=O) groups is 1. The Morgan fingerprint density at radius 1 is 1.00 bits per heavy atom. The third kappa shape index (κ3) is 3.85. The van der Waals surface area contributed by atoms with E-state index in [4.69, 9.17) is 4.74 Å². The van der Waals surface area contributed by atoms with E-state index in [1.54, 1.807) is 6.92 Å². The number of hydrogen-bond donors (Lipinski definition) is 1. The van der Waals surface area contributed by atoms with Crippen LogP contribution in [0.1, 0.15) is 24.0 Å². The SMILES string of the molecule is CCOC(=O)NCC(c1ccccc1)c1ccccc1. The molecule has 3 heteroatoms. The predicted octanol–water partition coefficient (Wildman–Crippen LogP) is 3.56. The van der Waals surface area contributed by atoms with Crippen LogP contribution >= 0.6 is 0 Å². The maximum atomic E-state index is 11.5. The highest BCUT2D eigenvalue weighted by molar-refractivity contribution is 5.67. The molecule has 0 saturated heterocycles. The minimum atomic E-state index is -0.371. The molecule has 2 aromatic rings. The first-order chi connectivity index (χ1) is 9.81. The second kappa shape index (κ2) is 7.34. The van der Waals surface area contributed by atoms with E-state index in [0.29, 0.717) is 13.2 Å². The zero-order valence-corrected chi connectivity index (χ0v) is 11.6. The fourth-order valence-corrected chi connectivity index (χ4v) is 2.17. The van der Waals surface area contributed by atoms with E-state index in [2.05, 4.69) is 29.6 Å². The molecule has 104 valence electrons. The normalized spacial score (nSPS) is 10.3. The molecule has 0 atom stereocenters. The van der Waals surface area contributed by atoms with Crippen molar-refractivity contribution >= 4 is 6.09 Å². The van der Waals surface area contributed by atoms with E-state index < -0.39 is 0 Å². The van der Waals surface area contributed by atoms with E-state index in [-0.39, 0.29) is 12.0 Å². The number of carbonyl (C=O) groups excluding carboxylic acids is 1. The smallest absolute Gasteiger partial charge is 0.407 e.